The van der Waals surface area contributed by atoms with Gasteiger partial charge in [0.25, 0.3) is 0 Å². The van der Waals surface area contributed by atoms with Gasteiger partial charge < -0.3 is 15.0 Å². The van der Waals surface area contributed by atoms with Crippen molar-refractivity contribution in [3.63, 3.8) is 0 Å². The number of alkyl halides is 2. The number of hydrogen-bond donors (Lipinski definition) is 1. The number of amides is 2. The summed E-state index contributed by atoms with van der Waals surface area (Å²) in [5, 5.41) is 2.76. The van der Waals surface area contributed by atoms with Crippen molar-refractivity contribution in [2.75, 3.05) is 51.1 Å². The molecule has 1 aromatic rings. The lowest BCUT2D eigenvalue weighted by Crippen LogP contribution is -2.54. The van der Waals surface area contributed by atoms with Gasteiger partial charge in [0.1, 0.15) is 5.75 Å². The van der Waals surface area contributed by atoms with Gasteiger partial charge in [0.15, 0.2) is 0 Å². The highest BCUT2D eigenvalue weighted by molar-refractivity contribution is 6.32. The Morgan fingerprint density at radius 2 is 1.80 bits per heavy atom. The lowest BCUT2D eigenvalue weighted by molar-refractivity contribution is -0.132. The van der Waals surface area contributed by atoms with Crippen LogP contribution >= 0.6 is 11.6 Å². The van der Waals surface area contributed by atoms with Gasteiger partial charge in [-0.3, -0.25) is 19.4 Å². The maximum Gasteiger partial charge on any atom is 0.387 e. The number of carbonyl (C=O) groups excluding carboxylic acids is 2. The van der Waals surface area contributed by atoms with E-state index in [0.717, 1.165) is 39.0 Å². The van der Waals surface area contributed by atoms with E-state index < -0.39 is 6.61 Å². The number of ether oxygens (including phenoxy) is 1. The lowest BCUT2D eigenvalue weighted by Gasteiger charge is -2.37. The van der Waals surface area contributed by atoms with Gasteiger partial charge in [-0.25, -0.2) is 0 Å². The van der Waals surface area contributed by atoms with E-state index in [1.807, 2.05) is 11.8 Å². The van der Waals surface area contributed by atoms with Crippen LogP contribution in [0.5, 0.6) is 5.75 Å². The number of likely N-dealkylation sites (tertiary alicyclic amines) is 1. The summed E-state index contributed by atoms with van der Waals surface area (Å²) in [6.07, 6.45) is 2.17. The second kappa shape index (κ2) is 10.4. The Labute approximate surface area is 179 Å². The second-order valence-electron chi connectivity index (χ2n) is 7.59. The number of hydrogen-bond acceptors (Lipinski definition) is 5. The maximum absolute atomic E-state index is 12.6. The fraction of sp³-hybridized carbons (Fsp3) is 0.600. The topological polar surface area (TPSA) is 65.1 Å². The van der Waals surface area contributed by atoms with Crippen LogP contribution in [0.25, 0.3) is 0 Å². The van der Waals surface area contributed by atoms with Gasteiger partial charge in [-0.15, -0.1) is 0 Å². The van der Waals surface area contributed by atoms with Crippen LogP contribution in [0.2, 0.25) is 5.02 Å². The quantitative estimate of drug-likeness (QED) is 0.700. The summed E-state index contributed by atoms with van der Waals surface area (Å²) in [6.45, 7) is 3.81. The van der Waals surface area contributed by atoms with Crippen molar-refractivity contribution in [3.8, 4) is 5.75 Å². The molecule has 0 spiro atoms. The van der Waals surface area contributed by atoms with Crippen molar-refractivity contribution >= 4 is 29.1 Å². The molecule has 0 radical (unpaired) electrons. The first-order valence-corrected chi connectivity index (χ1v) is 10.5. The standard InChI is InChI=1S/C20H27ClF2N4O3/c1-14(19(29)24-15-4-5-17(16(21)12-15)30-20(22)23)26-10-8-25(9-11-26)13-18(28)27-6-2-3-7-27/h4-5,12,14,20H,2-3,6-11,13H2,1H3,(H,24,29)/t14-/m1/s1. The molecule has 2 aliphatic rings. The SMILES string of the molecule is C[C@H](C(=O)Nc1ccc(OC(F)F)c(Cl)c1)N1CCN(CC(=O)N2CCCC2)CC1. The largest absolute Gasteiger partial charge is 0.433 e. The summed E-state index contributed by atoms with van der Waals surface area (Å²) < 4.78 is 28.9. The summed E-state index contributed by atoms with van der Waals surface area (Å²) >= 11 is 5.93. The molecule has 30 heavy (non-hydrogen) atoms. The van der Waals surface area contributed by atoms with Crippen LogP contribution < -0.4 is 10.1 Å². The number of piperazine rings is 1. The predicted octanol–water partition coefficient (Wildman–Crippen LogP) is 2.51. The number of nitrogens with one attached hydrogen (secondary N) is 1. The third kappa shape index (κ3) is 6.02. The van der Waals surface area contributed by atoms with E-state index in [2.05, 4.69) is 19.9 Å². The third-order valence-electron chi connectivity index (χ3n) is 5.57. The summed E-state index contributed by atoms with van der Waals surface area (Å²) in [5.41, 5.74) is 0.410. The first-order valence-electron chi connectivity index (χ1n) is 10.1. The van der Waals surface area contributed by atoms with E-state index in [1.165, 1.54) is 18.2 Å². The molecule has 1 atom stereocenters. The minimum absolute atomic E-state index is 0.00274. The van der Waals surface area contributed by atoms with Crippen molar-refractivity contribution in [2.45, 2.75) is 32.4 Å². The van der Waals surface area contributed by atoms with Crippen LogP contribution in [0.1, 0.15) is 19.8 Å². The van der Waals surface area contributed by atoms with Gasteiger partial charge in [0.2, 0.25) is 11.8 Å². The molecule has 0 aromatic heterocycles. The molecule has 2 amide bonds. The first kappa shape index (κ1) is 22.7. The molecular formula is C20H27ClF2N4O3. The number of benzene rings is 1. The Morgan fingerprint density at radius 1 is 1.13 bits per heavy atom. The fourth-order valence-corrected chi connectivity index (χ4v) is 3.97. The maximum atomic E-state index is 12.6. The van der Waals surface area contributed by atoms with E-state index in [1.54, 1.807) is 0 Å². The zero-order chi connectivity index (χ0) is 21.7. The van der Waals surface area contributed by atoms with E-state index in [-0.39, 0.29) is 28.6 Å². The van der Waals surface area contributed by atoms with Crippen LogP contribution in [0.3, 0.4) is 0 Å². The van der Waals surface area contributed by atoms with Crippen LogP contribution in [0.4, 0.5) is 14.5 Å². The summed E-state index contributed by atoms with van der Waals surface area (Å²) in [5.74, 6) is -0.171. The van der Waals surface area contributed by atoms with E-state index >= 15 is 0 Å². The highest BCUT2D eigenvalue weighted by Gasteiger charge is 2.28. The Hall–Kier alpha value is -1.97. The predicted molar refractivity (Wildman–Crippen MR) is 110 cm³/mol. The molecule has 2 heterocycles. The van der Waals surface area contributed by atoms with Crippen molar-refractivity contribution in [1.29, 1.82) is 0 Å². The van der Waals surface area contributed by atoms with Crippen LogP contribution in [0, 0.1) is 0 Å². The average Bonchev–Trinajstić information content (AvgIpc) is 3.25. The fourth-order valence-electron chi connectivity index (χ4n) is 3.75. The molecule has 2 saturated heterocycles. The second-order valence-corrected chi connectivity index (χ2v) is 8.00. The summed E-state index contributed by atoms with van der Waals surface area (Å²) in [7, 11) is 0. The molecule has 166 valence electrons. The molecular weight excluding hydrogens is 418 g/mol. The number of anilines is 1. The summed E-state index contributed by atoms with van der Waals surface area (Å²) in [4.78, 5) is 31.0. The molecule has 2 aliphatic heterocycles. The van der Waals surface area contributed by atoms with E-state index in [4.69, 9.17) is 11.6 Å². The highest BCUT2D eigenvalue weighted by Crippen LogP contribution is 2.29. The van der Waals surface area contributed by atoms with Crippen LogP contribution in [-0.4, -0.2) is 85.0 Å². The molecule has 1 N–H and O–H groups in total. The van der Waals surface area contributed by atoms with Crippen LogP contribution in [0.15, 0.2) is 18.2 Å². The van der Waals surface area contributed by atoms with Crippen molar-refractivity contribution < 1.29 is 23.1 Å². The molecule has 0 aliphatic carbocycles. The van der Waals surface area contributed by atoms with Crippen molar-refractivity contribution in [3.05, 3.63) is 23.2 Å². The highest BCUT2D eigenvalue weighted by atomic mass is 35.5. The molecule has 2 fully saturated rings. The Kier molecular flexibility index (Phi) is 7.85. The molecule has 7 nitrogen and oxygen atoms in total. The van der Waals surface area contributed by atoms with Crippen molar-refractivity contribution in [2.24, 2.45) is 0 Å². The number of halogens is 3. The minimum Gasteiger partial charge on any atom is -0.433 e. The Morgan fingerprint density at radius 3 is 2.40 bits per heavy atom. The monoisotopic (exact) mass is 444 g/mol. The van der Waals surface area contributed by atoms with Crippen LogP contribution in [-0.2, 0) is 9.59 Å². The van der Waals surface area contributed by atoms with Gasteiger partial charge in [0.05, 0.1) is 17.6 Å². The molecule has 10 heteroatoms. The number of nitrogens with zero attached hydrogens (tertiary/aromatic N) is 3. The first-order chi connectivity index (χ1) is 14.3. The Bertz CT molecular complexity index is 754. The number of carbonyl (C=O) groups is 2. The molecule has 0 bridgehead atoms. The van der Waals surface area contributed by atoms with Gasteiger partial charge in [-0.1, -0.05) is 11.6 Å². The van der Waals surface area contributed by atoms with E-state index in [0.29, 0.717) is 25.3 Å². The molecule has 0 unspecified atom stereocenters. The van der Waals surface area contributed by atoms with Gasteiger partial charge in [-0.05, 0) is 38.0 Å². The Balaban J connectivity index is 1.46. The smallest absolute Gasteiger partial charge is 0.387 e. The zero-order valence-electron chi connectivity index (χ0n) is 17.0. The molecule has 3 rings (SSSR count). The van der Waals surface area contributed by atoms with Gasteiger partial charge in [-0.2, -0.15) is 8.78 Å². The van der Waals surface area contributed by atoms with E-state index in [9.17, 15) is 18.4 Å². The van der Waals surface area contributed by atoms with Crippen molar-refractivity contribution in [1.82, 2.24) is 14.7 Å². The van der Waals surface area contributed by atoms with Gasteiger partial charge >= 0.3 is 6.61 Å². The zero-order valence-corrected chi connectivity index (χ0v) is 17.7. The summed E-state index contributed by atoms with van der Waals surface area (Å²) in [6, 6.07) is 3.77. The minimum atomic E-state index is -2.97. The number of rotatable bonds is 7. The molecule has 1 aromatic carbocycles. The average molecular weight is 445 g/mol. The van der Waals surface area contributed by atoms with Gasteiger partial charge in [0, 0.05) is 45.0 Å². The lowest BCUT2D eigenvalue weighted by atomic mass is 10.2. The normalized spacial score (nSPS) is 19.2. The molecule has 0 saturated carbocycles. The third-order valence-corrected chi connectivity index (χ3v) is 5.86.